The van der Waals surface area contributed by atoms with Gasteiger partial charge in [-0.1, -0.05) is 6.92 Å². The molecule has 1 aliphatic rings. The van der Waals surface area contributed by atoms with Crippen molar-refractivity contribution in [3.63, 3.8) is 0 Å². The number of carbonyl (C=O) groups excluding carboxylic acids is 2. The van der Waals surface area contributed by atoms with Gasteiger partial charge in [0.1, 0.15) is 5.76 Å². The van der Waals surface area contributed by atoms with Gasteiger partial charge in [0.05, 0.1) is 19.4 Å². The summed E-state index contributed by atoms with van der Waals surface area (Å²) in [4.78, 5) is 25.4. The van der Waals surface area contributed by atoms with Gasteiger partial charge in [0.25, 0.3) is 0 Å². The summed E-state index contributed by atoms with van der Waals surface area (Å²) in [6.45, 7) is 4.57. The van der Waals surface area contributed by atoms with Gasteiger partial charge in [0.15, 0.2) is 0 Å². The van der Waals surface area contributed by atoms with Gasteiger partial charge < -0.3 is 9.73 Å². The Bertz CT molecular complexity index is 445. The Morgan fingerprint density at radius 1 is 1.50 bits per heavy atom. The molecule has 0 saturated carbocycles. The normalized spacial score (nSPS) is 19.6. The van der Waals surface area contributed by atoms with Gasteiger partial charge in [-0.3, -0.25) is 15.0 Å². The topological polar surface area (TPSA) is 74.6 Å². The minimum Gasteiger partial charge on any atom is -0.467 e. The Hall–Kier alpha value is -1.82. The zero-order valence-corrected chi connectivity index (χ0v) is 11.7. The van der Waals surface area contributed by atoms with E-state index in [0.717, 1.165) is 19.5 Å². The molecule has 2 heterocycles. The molecule has 0 bridgehead atoms. The molecule has 1 fully saturated rings. The number of likely N-dealkylation sites (tertiary alicyclic amines) is 1. The van der Waals surface area contributed by atoms with Gasteiger partial charge in [-0.2, -0.15) is 0 Å². The van der Waals surface area contributed by atoms with Crippen LogP contribution in [0.15, 0.2) is 22.8 Å². The van der Waals surface area contributed by atoms with E-state index >= 15 is 0 Å². The molecule has 0 aliphatic carbocycles. The minimum atomic E-state index is -0.489. The molecule has 2 N–H and O–H groups in total. The van der Waals surface area contributed by atoms with Crippen LogP contribution in [-0.2, 0) is 11.3 Å². The number of hydrogen-bond acceptors (Lipinski definition) is 4. The Morgan fingerprint density at radius 3 is 3.05 bits per heavy atom. The van der Waals surface area contributed by atoms with Crippen LogP contribution in [0.5, 0.6) is 0 Å². The summed E-state index contributed by atoms with van der Waals surface area (Å²) in [7, 11) is 0. The highest BCUT2D eigenvalue weighted by Crippen LogP contribution is 2.14. The van der Waals surface area contributed by atoms with Crippen LogP contribution in [-0.4, -0.2) is 36.5 Å². The van der Waals surface area contributed by atoms with Crippen molar-refractivity contribution in [2.45, 2.75) is 26.3 Å². The third kappa shape index (κ3) is 4.70. The minimum absolute atomic E-state index is 0.268. The molecule has 0 aromatic carbocycles. The van der Waals surface area contributed by atoms with Gasteiger partial charge in [0.2, 0.25) is 5.91 Å². The fourth-order valence-electron chi connectivity index (χ4n) is 2.42. The highest BCUT2D eigenvalue weighted by Gasteiger charge is 2.19. The first-order chi connectivity index (χ1) is 9.63. The Balaban J connectivity index is 1.67. The van der Waals surface area contributed by atoms with Crippen LogP contribution in [0.4, 0.5) is 4.79 Å². The fraction of sp³-hybridized carbons (Fsp3) is 0.571. The molecule has 6 heteroatoms. The van der Waals surface area contributed by atoms with Crippen LogP contribution in [0.3, 0.4) is 0 Å². The highest BCUT2D eigenvalue weighted by atomic mass is 16.3. The molecule has 20 heavy (non-hydrogen) atoms. The molecule has 3 amide bonds. The van der Waals surface area contributed by atoms with Crippen LogP contribution in [0, 0.1) is 5.92 Å². The van der Waals surface area contributed by atoms with Crippen molar-refractivity contribution in [2.24, 2.45) is 5.92 Å². The SMILES string of the molecule is C[C@@H]1CCCN(CC(=O)NC(=O)NCc2ccco2)C1. The van der Waals surface area contributed by atoms with Gasteiger partial charge in [-0.05, 0) is 37.4 Å². The van der Waals surface area contributed by atoms with Crippen LogP contribution in [0.2, 0.25) is 0 Å². The zero-order chi connectivity index (χ0) is 14.4. The maximum absolute atomic E-state index is 11.8. The van der Waals surface area contributed by atoms with E-state index in [4.69, 9.17) is 4.42 Å². The van der Waals surface area contributed by atoms with E-state index in [2.05, 4.69) is 22.5 Å². The maximum atomic E-state index is 11.8. The fourth-order valence-corrected chi connectivity index (χ4v) is 2.42. The van der Waals surface area contributed by atoms with Crippen molar-refractivity contribution in [1.29, 1.82) is 0 Å². The summed E-state index contributed by atoms with van der Waals surface area (Å²) in [5.41, 5.74) is 0. The van der Waals surface area contributed by atoms with E-state index < -0.39 is 6.03 Å². The summed E-state index contributed by atoms with van der Waals surface area (Å²) < 4.78 is 5.09. The number of furan rings is 1. The van der Waals surface area contributed by atoms with Crippen LogP contribution >= 0.6 is 0 Å². The lowest BCUT2D eigenvalue weighted by atomic mass is 10.0. The molecule has 1 saturated heterocycles. The molecule has 1 aromatic rings. The lowest BCUT2D eigenvalue weighted by Crippen LogP contribution is -2.46. The average molecular weight is 279 g/mol. The van der Waals surface area contributed by atoms with Crippen LogP contribution in [0.1, 0.15) is 25.5 Å². The molecule has 1 atom stereocenters. The number of nitrogens with zero attached hydrogens (tertiary/aromatic N) is 1. The van der Waals surface area contributed by atoms with E-state index in [0.29, 0.717) is 11.7 Å². The molecule has 1 aliphatic heterocycles. The van der Waals surface area contributed by atoms with Crippen LogP contribution < -0.4 is 10.6 Å². The lowest BCUT2D eigenvalue weighted by molar-refractivity contribution is -0.121. The smallest absolute Gasteiger partial charge is 0.321 e. The molecular weight excluding hydrogens is 258 g/mol. The van der Waals surface area contributed by atoms with Gasteiger partial charge in [-0.15, -0.1) is 0 Å². The van der Waals surface area contributed by atoms with E-state index in [1.807, 2.05) is 0 Å². The molecule has 6 nitrogen and oxygen atoms in total. The first-order valence-corrected chi connectivity index (χ1v) is 6.96. The van der Waals surface area contributed by atoms with Crippen molar-refractivity contribution >= 4 is 11.9 Å². The van der Waals surface area contributed by atoms with E-state index in [9.17, 15) is 9.59 Å². The van der Waals surface area contributed by atoms with Gasteiger partial charge in [-0.25, -0.2) is 4.79 Å². The first-order valence-electron chi connectivity index (χ1n) is 6.96. The number of rotatable bonds is 4. The molecular formula is C14H21N3O3. The third-order valence-electron chi connectivity index (χ3n) is 3.36. The molecule has 0 unspecified atom stereocenters. The van der Waals surface area contributed by atoms with Crippen LogP contribution in [0.25, 0.3) is 0 Å². The van der Waals surface area contributed by atoms with E-state index in [1.165, 1.54) is 12.7 Å². The maximum Gasteiger partial charge on any atom is 0.321 e. The Kier molecular flexibility index (Phi) is 5.17. The van der Waals surface area contributed by atoms with Crippen molar-refractivity contribution in [3.8, 4) is 0 Å². The number of piperidine rings is 1. The van der Waals surface area contributed by atoms with Crippen molar-refractivity contribution < 1.29 is 14.0 Å². The predicted octanol–water partition coefficient (Wildman–Crippen LogP) is 1.34. The first kappa shape index (κ1) is 14.6. The average Bonchev–Trinajstić information content (AvgIpc) is 2.89. The number of hydrogen-bond donors (Lipinski definition) is 2. The molecule has 2 rings (SSSR count). The second-order valence-corrected chi connectivity index (χ2v) is 5.29. The van der Waals surface area contributed by atoms with Gasteiger partial charge >= 0.3 is 6.03 Å². The monoisotopic (exact) mass is 279 g/mol. The number of nitrogens with one attached hydrogen (secondary N) is 2. The van der Waals surface area contributed by atoms with Crippen molar-refractivity contribution in [1.82, 2.24) is 15.5 Å². The molecule has 110 valence electrons. The van der Waals surface area contributed by atoms with E-state index in [1.54, 1.807) is 12.1 Å². The highest BCUT2D eigenvalue weighted by molar-refractivity contribution is 5.95. The van der Waals surface area contributed by atoms with E-state index in [-0.39, 0.29) is 19.0 Å². The van der Waals surface area contributed by atoms with Crippen molar-refractivity contribution in [3.05, 3.63) is 24.2 Å². The standard InChI is InChI=1S/C14H21N3O3/c1-11-4-2-6-17(9-11)10-13(18)16-14(19)15-8-12-5-3-7-20-12/h3,5,7,11H,2,4,6,8-10H2,1H3,(H2,15,16,18,19)/t11-/m1/s1. The largest absolute Gasteiger partial charge is 0.467 e. The quantitative estimate of drug-likeness (QED) is 0.872. The molecule has 0 radical (unpaired) electrons. The second-order valence-electron chi connectivity index (χ2n) is 5.29. The number of amides is 3. The second kappa shape index (κ2) is 7.09. The zero-order valence-electron chi connectivity index (χ0n) is 11.7. The summed E-state index contributed by atoms with van der Waals surface area (Å²) >= 11 is 0. The lowest BCUT2D eigenvalue weighted by Gasteiger charge is -2.29. The molecule has 0 spiro atoms. The summed E-state index contributed by atoms with van der Waals surface area (Å²) in [6, 6.07) is 3.02. The summed E-state index contributed by atoms with van der Waals surface area (Å²) in [5, 5.41) is 4.91. The Labute approximate surface area is 118 Å². The number of carbonyl (C=O) groups is 2. The van der Waals surface area contributed by atoms with Crippen molar-refractivity contribution in [2.75, 3.05) is 19.6 Å². The number of urea groups is 1. The number of imide groups is 1. The Morgan fingerprint density at radius 2 is 2.35 bits per heavy atom. The third-order valence-corrected chi connectivity index (χ3v) is 3.36. The summed E-state index contributed by atoms with van der Waals surface area (Å²) in [5.74, 6) is 0.998. The van der Waals surface area contributed by atoms with Gasteiger partial charge in [0, 0.05) is 6.54 Å². The molecule has 1 aromatic heterocycles. The summed E-state index contributed by atoms with van der Waals surface area (Å²) in [6.07, 6.45) is 3.86. The predicted molar refractivity (Wildman–Crippen MR) is 73.9 cm³/mol.